The summed E-state index contributed by atoms with van der Waals surface area (Å²) in [6.07, 6.45) is 2.56. The van der Waals surface area contributed by atoms with Crippen molar-refractivity contribution in [2.24, 2.45) is 0 Å². The Morgan fingerprint density at radius 2 is 2.00 bits per heavy atom. The molecule has 1 aliphatic heterocycles. The van der Waals surface area contributed by atoms with E-state index in [0.717, 1.165) is 18.4 Å². The standard InChI is InChI=1S/C14H20O3S/c1-10(2)18(15,16)13-6-4-5-12(9-13)7-8-14-11(3)17-14/h4-6,9-11,14H,7-8H2,1-3H3. The van der Waals surface area contributed by atoms with Crippen molar-refractivity contribution in [2.75, 3.05) is 0 Å². The lowest BCUT2D eigenvalue weighted by atomic mass is 10.1. The molecule has 1 aromatic carbocycles. The minimum absolute atomic E-state index is 0.357. The summed E-state index contributed by atoms with van der Waals surface area (Å²) in [7, 11) is -3.16. The lowest BCUT2D eigenvalue weighted by Gasteiger charge is -2.09. The molecule has 3 nitrogen and oxygen atoms in total. The third kappa shape index (κ3) is 2.93. The normalized spacial score (nSPS) is 23.3. The van der Waals surface area contributed by atoms with E-state index < -0.39 is 9.84 Å². The van der Waals surface area contributed by atoms with E-state index in [0.29, 0.717) is 17.1 Å². The van der Waals surface area contributed by atoms with E-state index in [1.807, 2.05) is 12.1 Å². The molecule has 0 N–H and O–H groups in total. The van der Waals surface area contributed by atoms with Crippen LogP contribution in [-0.4, -0.2) is 25.9 Å². The van der Waals surface area contributed by atoms with Crippen LogP contribution in [-0.2, 0) is 21.0 Å². The average Bonchev–Trinajstić information content (AvgIpc) is 3.03. The van der Waals surface area contributed by atoms with Crippen molar-refractivity contribution >= 4 is 9.84 Å². The summed E-state index contributed by atoms with van der Waals surface area (Å²) < 4.78 is 29.5. The fraction of sp³-hybridized carbons (Fsp3) is 0.571. The minimum Gasteiger partial charge on any atom is -0.370 e. The molecule has 4 heteroatoms. The summed E-state index contributed by atoms with van der Waals surface area (Å²) in [5.41, 5.74) is 1.07. The summed E-state index contributed by atoms with van der Waals surface area (Å²) in [5, 5.41) is -0.375. The zero-order valence-corrected chi connectivity index (χ0v) is 11.9. The van der Waals surface area contributed by atoms with Gasteiger partial charge >= 0.3 is 0 Å². The molecule has 1 fully saturated rings. The van der Waals surface area contributed by atoms with Crippen LogP contribution in [0.25, 0.3) is 0 Å². The zero-order valence-electron chi connectivity index (χ0n) is 11.1. The predicted octanol–water partition coefficient (Wildman–Crippen LogP) is 2.59. The second kappa shape index (κ2) is 5.02. The van der Waals surface area contributed by atoms with Crippen LogP contribution in [0.3, 0.4) is 0 Å². The molecular formula is C14H20O3S. The van der Waals surface area contributed by atoms with Crippen molar-refractivity contribution in [3.8, 4) is 0 Å². The van der Waals surface area contributed by atoms with Gasteiger partial charge in [-0.15, -0.1) is 0 Å². The summed E-state index contributed by atoms with van der Waals surface area (Å²) in [6, 6.07) is 7.27. The van der Waals surface area contributed by atoms with Gasteiger partial charge in [0.15, 0.2) is 9.84 Å². The van der Waals surface area contributed by atoms with Gasteiger partial charge in [-0.25, -0.2) is 8.42 Å². The first-order valence-electron chi connectivity index (χ1n) is 6.39. The summed E-state index contributed by atoms with van der Waals surface area (Å²) in [6.45, 7) is 5.48. The molecular weight excluding hydrogens is 248 g/mol. The SMILES string of the molecule is CC1OC1CCc1cccc(S(=O)(=O)C(C)C)c1. The van der Waals surface area contributed by atoms with Gasteiger partial charge in [0.1, 0.15) is 0 Å². The number of epoxide rings is 1. The number of hydrogen-bond acceptors (Lipinski definition) is 3. The van der Waals surface area contributed by atoms with Crippen LogP contribution >= 0.6 is 0 Å². The molecule has 2 atom stereocenters. The third-order valence-corrected chi connectivity index (χ3v) is 5.55. The monoisotopic (exact) mass is 268 g/mol. The Balaban J connectivity index is 2.10. The molecule has 0 amide bonds. The Bertz CT molecular complexity index is 520. The first-order valence-corrected chi connectivity index (χ1v) is 7.94. The van der Waals surface area contributed by atoms with E-state index in [1.54, 1.807) is 26.0 Å². The van der Waals surface area contributed by atoms with Gasteiger partial charge in [-0.3, -0.25) is 0 Å². The van der Waals surface area contributed by atoms with Crippen molar-refractivity contribution in [2.45, 2.75) is 56.0 Å². The summed E-state index contributed by atoms with van der Waals surface area (Å²) in [4.78, 5) is 0.430. The van der Waals surface area contributed by atoms with E-state index >= 15 is 0 Å². The number of benzene rings is 1. The molecule has 1 saturated heterocycles. The summed E-state index contributed by atoms with van der Waals surface area (Å²) in [5.74, 6) is 0. The molecule has 0 radical (unpaired) electrons. The Kier molecular flexibility index (Phi) is 3.78. The van der Waals surface area contributed by atoms with Crippen molar-refractivity contribution in [3.05, 3.63) is 29.8 Å². The van der Waals surface area contributed by atoms with Gasteiger partial charge in [0, 0.05) is 0 Å². The van der Waals surface area contributed by atoms with E-state index in [4.69, 9.17) is 4.74 Å². The molecule has 1 aromatic rings. The van der Waals surface area contributed by atoms with Crippen LogP contribution in [0.5, 0.6) is 0 Å². The maximum absolute atomic E-state index is 12.1. The van der Waals surface area contributed by atoms with E-state index in [9.17, 15) is 8.42 Å². The van der Waals surface area contributed by atoms with Crippen LogP contribution in [0, 0.1) is 0 Å². The van der Waals surface area contributed by atoms with E-state index in [1.165, 1.54) is 0 Å². The second-order valence-corrected chi connectivity index (χ2v) is 7.66. The highest BCUT2D eigenvalue weighted by molar-refractivity contribution is 7.92. The molecule has 1 aliphatic rings. The molecule has 0 spiro atoms. The van der Waals surface area contributed by atoms with Crippen LogP contribution in [0.2, 0.25) is 0 Å². The second-order valence-electron chi connectivity index (χ2n) is 5.16. The molecule has 0 bridgehead atoms. The molecule has 18 heavy (non-hydrogen) atoms. The predicted molar refractivity (Wildman–Crippen MR) is 71.4 cm³/mol. The number of aryl methyl sites for hydroxylation is 1. The van der Waals surface area contributed by atoms with E-state index in [-0.39, 0.29) is 5.25 Å². The van der Waals surface area contributed by atoms with Gasteiger partial charge in [-0.05, 0) is 51.3 Å². The van der Waals surface area contributed by atoms with E-state index in [2.05, 4.69) is 6.92 Å². The van der Waals surface area contributed by atoms with Crippen LogP contribution in [0.4, 0.5) is 0 Å². The van der Waals surface area contributed by atoms with Gasteiger partial charge in [0.2, 0.25) is 0 Å². The van der Waals surface area contributed by atoms with Crippen molar-refractivity contribution in [1.29, 1.82) is 0 Å². The van der Waals surface area contributed by atoms with Crippen LogP contribution in [0.1, 0.15) is 32.8 Å². The number of sulfone groups is 1. The quantitative estimate of drug-likeness (QED) is 0.771. The van der Waals surface area contributed by atoms with Gasteiger partial charge in [0.25, 0.3) is 0 Å². The number of rotatable bonds is 5. The van der Waals surface area contributed by atoms with Gasteiger partial charge in [-0.1, -0.05) is 12.1 Å². The van der Waals surface area contributed by atoms with Gasteiger partial charge in [-0.2, -0.15) is 0 Å². The largest absolute Gasteiger partial charge is 0.370 e. The van der Waals surface area contributed by atoms with Crippen molar-refractivity contribution in [1.82, 2.24) is 0 Å². The fourth-order valence-electron chi connectivity index (χ4n) is 1.99. The summed E-state index contributed by atoms with van der Waals surface area (Å²) >= 11 is 0. The highest BCUT2D eigenvalue weighted by Crippen LogP contribution is 2.26. The Morgan fingerprint density at radius 1 is 1.33 bits per heavy atom. The van der Waals surface area contributed by atoms with Gasteiger partial charge in [0.05, 0.1) is 22.4 Å². The average molecular weight is 268 g/mol. The molecule has 100 valence electrons. The molecule has 0 saturated carbocycles. The number of ether oxygens (including phenoxy) is 1. The molecule has 2 unspecified atom stereocenters. The van der Waals surface area contributed by atoms with Crippen molar-refractivity contribution < 1.29 is 13.2 Å². The highest BCUT2D eigenvalue weighted by atomic mass is 32.2. The lowest BCUT2D eigenvalue weighted by Crippen LogP contribution is -2.14. The highest BCUT2D eigenvalue weighted by Gasteiger charge is 2.33. The van der Waals surface area contributed by atoms with Crippen molar-refractivity contribution in [3.63, 3.8) is 0 Å². The topological polar surface area (TPSA) is 46.7 Å². The molecule has 0 aromatic heterocycles. The Hall–Kier alpha value is -0.870. The fourth-order valence-corrected chi connectivity index (χ4v) is 3.12. The first kappa shape index (κ1) is 13.6. The van der Waals surface area contributed by atoms with Crippen LogP contribution < -0.4 is 0 Å². The molecule has 0 aliphatic carbocycles. The lowest BCUT2D eigenvalue weighted by molar-refractivity contribution is 0.370. The first-order chi connectivity index (χ1) is 8.41. The Morgan fingerprint density at radius 3 is 2.56 bits per heavy atom. The maximum Gasteiger partial charge on any atom is 0.180 e. The molecule has 1 heterocycles. The molecule has 2 rings (SSSR count). The minimum atomic E-state index is -3.16. The smallest absolute Gasteiger partial charge is 0.180 e. The third-order valence-electron chi connectivity index (χ3n) is 3.40. The maximum atomic E-state index is 12.1. The zero-order chi connectivity index (χ0) is 13.3. The Labute approximate surface area is 109 Å². The van der Waals surface area contributed by atoms with Crippen LogP contribution in [0.15, 0.2) is 29.2 Å². The van der Waals surface area contributed by atoms with Gasteiger partial charge < -0.3 is 4.74 Å². The number of hydrogen-bond donors (Lipinski definition) is 0.